The van der Waals surface area contributed by atoms with E-state index < -0.39 is 0 Å². The Hall–Kier alpha value is -3.02. The molecule has 0 radical (unpaired) electrons. The Labute approximate surface area is 150 Å². The van der Waals surface area contributed by atoms with Gasteiger partial charge in [-0.05, 0) is 54.2 Å². The van der Waals surface area contributed by atoms with Crippen molar-refractivity contribution in [3.05, 3.63) is 47.5 Å². The van der Waals surface area contributed by atoms with E-state index in [1.54, 1.807) is 0 Å². The van der Waals surface area contributed by atoms with Gasteiger partial charge in [0.15, 0.2) is 17.3 Å². The first-order valence-corrected chi connectivity index (χ1v) is 8.93. The van der Waals surface area contributed by atoms with Gasteiger partial charge < -0.3 is 14.8 Å². The first-order chi connectivity index (χ1) is 12.8. The molecule has 1 saturated carbocycles. The Kier molecular flexibility index (Phi) is 3.55. The number of nitrogens with zero attached hydrogens (tertiary/aromatic N) is 1. The summed E-state index contributed by atoms with van der Waals surface area (Å²) in [5.41, 5.74) is 3.18. The molecule has 132 valence electrons. The molecule has 1 aliphatic carbocycles. The molecule has 2 aliphatic rings. The van der Waals surface area contributed by atoms with Crippen LogP contribution in [0.15, 0.2) is 36.4 Å². The van der Waals surface area contributed by atoms with E-state index in [1.807, 2.05) is 24.3 Å². The Morgan fingerprint density at radius 3 is 2.81 bits per heavy atom. The molecule has 1 amide bonds. The van der Waals surface area contributed by atoms with Gasteiger partial charge in [-0.1, -0.05) is 12.1 Å². The van der Waals surface area contributed by atoms with Gasteiger partial charge in [-0.25, -0.2) is 0 Å². The zero-order valence-corrected chi connectivity index (χ0v) is 14.2. The third kappa shape index (κ3) is 2.87. The fourth-order valence-corrected chi connectivity index (χ4v) is 3.36. The van der Waals surface area contributed by atoms with Gasteiger partial charge in [-0.2, -0.15) is 5.10 Å². The van der Waals surface area contributed by atoms with Gasteiger partial charge in [-0.15, -0.1) is 0 Å². The van der Waals surface area contributed by atoms with E-state index in [9.17, 15) is 4.79 Å². The Bertz CT molecular complexity index is 991. The van der Waals surface area contributed by atoms with Crippen molar-refractivity contribution in [2.45, 2.75) is 25.2 Å². The molecule has 6 nitrogen and oxygen atoms in total. The number of aromatic amines is 1. The van der Waals surface area contributed by atoms with Crippen LogP contribution >= 0.6 is 0 Å². The van der Waals surface area contributed by atoms with Crippen LogP contribution < -0.4 is 14.8 Å². The molecule has 0 atom stereocenters. The number of aromatic nitrogens is 2. The zero-order valence-electron chi connectivity index (χ0n) is 14.2. The van der Waals surface area contributed by atoms with Gasteiger partial charge >= 0.3 is 0 Å². The van der Waals surface area contributed by atoms with E-state index in [0.29, 0.717) is 30.7 Å². The minimum absolute atomic E-state index is 0.110. The summed E-state index contributed by atoms with van der Waals surface area (Å²) in [4.78, 5) is 12.4. The monoisotopic (exact) mass is 349 g/mol. The van der Waals surface area contributed by atoms with Crippen LogP contribution in [0.1, 0.15) is 29.9 Å². The van der Waals surface area contributed by atoms with Crippen molar-refractivity contribution in [3.8, 4) is 11.5 Å². The Morgan fingerprint density at radius 2 is 1.96 bits per heavy atom. The quantitative estimate of drug-likeness (QED) is 0.757. The van der Waals surface area contributed by atoms with Crippen LogP contribution in [0.3, 0.4) is 0 Å². The lowest BCUT2D eigenvalue weighted by Crippen LogP contribution is -2.17. The normalized spacial score (nSPS) is 15.8. The molecule has 26 heavy (non-hydrogen) atoms. The third-order valence-corrected chi connectivity index (χ3v) is 4.86. The molecule has 0 unspecified atom stereocenters. The third-order valence-electron chi connectivity index (χ3n) is 4.86. The number of hydrogen-bond donors (Lipinski definition) is 2. The molecule has 0 spiro atoms. The van der Waals surface area contributed by atoms with Gasteiger partial charge in [0.25, 0.3) is 0 Å². The first-order valence-electron chi connectivity index (χ1n) is 8.93. The molecule has 2 N–H and O–H groups in total. The molecular weight excluding hydrogens is 330 g/mol. The van der Waals surface area contributed by atoms with E-state index in [4.69, 9.17) is 9.47 Å². The maximum Gasteiger partial charge on any atom is 0.230 e. The molecule has 3 aromatic rings. The molecule has 6 heteroatoms. The molecule has 0 saturated heterocycles. The van der Waals surface area contributed by atoms with Crippen LogP contribution in [0.4, 0.5) is 5.82 Å². The Morgan fingerprint density at radius 1 is 1.12 bits per heavy atom. The summed E-state index contributed by atoms with van der Waals surface area (Å²) in [7, 11) is 0. The van der Waals surface area contributed by atoms with Gasteiger partial charge in [0, 0.05) is 5.39 Å². The van der Waals surface area contributed by atoms with Crippen molar-refractivity contribution in [1.29, 1.82) is 0 Å². The maximum absolute atomic E-state index is 12.4. The van der Waals surface area contributed by atoms with Gasteiger partial charge in [0.1, 0.15) is 13.2 Å². The second-order valence-corrected chi connectivity index (χ2v) is 6.85. The van der Waals surface area contributed by atoms with E-state index in [-0.39, 0.29) is 12.3 Å². The van der Waals surface area contributed by atoms with Crippen molar-refractivity contribution in [1.82, 2.24) is 10.2 Å². The molecule has 2 aromatic carbocycles. The number of fused-ring (bicyclic) bond motifs is 2. The van der Waals surface area contributed by atoms with Crippen molar-refractivity contribution in [2.75, 3.05) is 18.5 Å². The summed E-state index contributed by atoms with van der Waals surface area (Å²) in [6, 6.07) is 11.9. The number of anilines is 1. The number of carbonyl (C=O) groups is 1. The second-order valence-electron chi connectivity index (χ2n) is 6.85. The molecule has 1 fully saturated rings. The van der Waals surface area contributed by atoms with Gasteiger partial charge in [-0.3, -0.25) is 9.89 Å². The summed E-state index contributed by atoms with van der Waals surface area (Å²) in [5.74, 6) is 2.58. The smallest absolute Gasteiger partial charge is 0.230 e. The number of hydrogen-bond acceptors (Lipinski definition) is 4. The number of benzene rings is 2. The highest BCUT2D eigenvalue weighted by molar-refractivity contribution is 6.00. The summed E-state index contributed by atoms with van der Waals surface area (Å²) in [6.07, 6.45) is 2.78. The van der Waals surface area contributed by atoms with Crippen LogP contribution in [0.2, 0.25) is 0 Å². The van der Waals surface area contributed by atoms with Crippen LogP contribution in [-0.4, -0.2) is 29.3 Å². The largest absolute Gasteiger partial charge is 0.486 e. The minimum Gasteiger partial charge on any atom is -0.486 e. The fourth-order valence-electron chi connectivity index (χ4n) is 3.36. The summed E-state index contributed by atoms with van der Waals surface area (Å²) in [5, 5.41) is 11.1. The highest BCUT2D eigenvalue weighted by atomic mass is 16.6. The van der Waals surface area contributed by atoms with E-state index in [2.05, 4.69) is 27.6 Å². The summed E-state index contributed by atoms with van der Waals surface area (Å²) >= 11 is 0. The highest BCUT2D eigenvalue weighted by Crippen LogP contribution is 2.41. The topological polar surface area (TPSA) is 76.2 Å². The predicted octanol–water partition coefficient (Wildman–Crippen LogP) is 3.39. The molecule has 2 heterocycles. The van der Waals surface area contributed by atoms with E-state index >= 15 is 0 Å². The lowest BCUT2D eigenvalue weighted by Gasteiger charge is -2.18. The van der Waals surface area contributed by atoms with Crippen molar-refractivity contribution in [2.24, 2.45) is 0 Å². The molecular formula is C20H19N3O3. The second kappa shape index (κ2) is 6.05. The number of H-pyrrole nitrogens is 1. The average molecular weight is 349 g/mol. The SMILES string of the molecule is O=C(Cc1ccc2c(c1)OCCO2)Nc1n[nH]c2cc(C3CC3)ccc12. The van der Waals surface area contributed by atoms with Crippen LogP contribution in [0.25, 0.3) is 10.9 Å². The molecule has 1 aliphatic heterocycles. The standard InChI is InChI=1S/C20H19N3O3/c24-19(10-12-1-6-17-18(9-12)26-8-7-25-17)21-20-15-5-4-14(13-2-3-13)11-16(15)22-23-20/h1,4-6,9,11,13H,2-3,7-8,10H2,(H2,21,22,23,24). The number of carbonyl (C=O) groups excluding carboxylic acids is 1. The van der Waals surface area contributed by atoms with Crippen molar-refractivity contribution < 1.29 is 14.3 Å². The lowest BCUT2D eigenvalue weighted by molar-refractivity contribution is -0.115. The fraction of sp³-hybridized carbons (Fsp3) is 0.300. The zero-order chi connectivity index (χ0) is 17.5. The van der Waals surface area contributed by atoms with Crippen LogP contribution in [0.5, 0.6) is 11.5 Å². The number of rotatable bonds is 4. The van der Waals surface area contributed by atoms with Gasteiger partial charge in [0.2, 0.25) is 5.91 Å². The Balaban J connectivity index is 1.31. The predicted molar refractivity (Wildman–Crippen MR) is 97.8 cm³/mol. The number of ether oxygens (including phenoxy) is 2. The van der Waals surface area contributed by atoms with E-state index in [0.717, 1.165) is 22.2 Å². The summed E-state index contributed by atoms with van der Waals surface area (Å²) < 4.78 is 11.1. The van der Waals surface area contributed by atoms with Gasteiger partial charge in [0.05, 0.1) is 11.9 Å². The molecule has 1 aromatic heterocycles. The van der Waals surface area contributed by atoms with Crippen molar-refractivity contribution in [3.63, 3.8) is 0 Å². The molecule has 0 bridgehead atoms. The maximum atomic E-state index is 12.4. The van der Waals surface area contributed by atoms with Crippen LogP contribution in [0, 0.1) is 0 Å². The highest BCUT2D eigenvalue weighted by Gasteiger charge is 2.24. The molecule has 5 rings (SSSR count). The first kappa shape index (κ1) is 15.3. The number of nitrogens with one attached hydrogen (secondary N) is 2. The van der Waals surface area contributed by atoms with E-state index in [1.165, 1.54) is 18.4 Å². The number of amides is 1. The minimum atomic E-state index is -0.110. The summed E-state index contributed by atoms with van der Waals surface area (Å²) in [6.45, 7) is 1.09. The average Bonchev–Trinajstić information content (AvgIpc) is 3.44. The van der Waals surface area contributed by atoms with Crippen molar-refractivity contribution >= 4 is 22.6 Å². The lowest BCUT2D eigenvalue weighted by atomic mass is 10.1. The van der Waals surface area contributed by atoms with Crippen LogP contribution in [-0.2, 0) is 11.2 Å².